The minimum atomic E-state index is 0. The van der Waals surface area contributed by atoms with Crippen molar-refractivity contribution in [3.05, 3.63) is 0 Å². The molecule has 1 saturated heterocycles. The van der Waals surface area contributed by atoms with Crippen LogP contribution in [-0.2, 0) is 9.47 Å². The number of nitrogens with two attached hydrogens (primary N) is 1. The van der Waals surface area contributed by atoms with E-state index >= 15 is 0 Å². The summed E-state index contributed by atoms with van der Waals surface area (Å²) in [7, 11) is 1.68. The quantitative estimate of drug-likeness (QED) is 0.294. The smallest absolute Gasteiger partial charge is 0.191 e. The minimum absolute atomic E-state index is 0. The lowest BCUT2D eigenvalue weighted by Gasteiger charge is -2.31. The molecular weight excluding hydrogens is 369 g/mol. The van der Waals surface area contributed by atoms with Gasteiger partial charge in [-0.05, 0) is 31.6 Å². The van der Waals surface area contributed by atoms with E-state index in [2.05, 4.69) is 16.8 Å². The Morgan fingerprint density at radius 2 is 2.10 bits per heavy atom. The van der Waals surface area contributed by atoms with Crippen molar-refractivity contribution in [2.24, 2.45) is 16.6 Å². The number of rotatable bonds is 8. The Labute approximate surface area is 140 Å². The first kappa shape index (κ1) is 19.9. The third-order valence-electron chi connectivity index (χ3n) is 3.38. The van der Waals surface area contributed by atoms with E-state index in [0.717, 1.165) is 45.0 Å². The maximum absolute atomic E-state index is 6.02. The molecule has 0 aromatic carbocycles. The number of nitrogens with zero attached hydrogens (tertiary/aromatic N) is 2. The first-order valence-electron chi connectivity index (χ1n) is 7.35. The summed E-state index contributed by atoms with van der Waals surface area (Å²) in [6.07, 6.45) is 4.58. The lowest BCUT2D eigenvalue weighted by Crippen LogP contribution is -2.43. The van der Waals surface area contributed by atoms with E-state index < -0.39 is 0 Å². The molecule has 2 N–H and O–H groups in total. The number of likely N-dealkylation sites (tertiary alicyclic amines) is 1. The van der Waals surface area contributed by atoms with E-state index in [9.17, 15) is 0 Å². The van der Waals surface area contributed by atoms with Crippen molar-refractivity contribution >= 4 is 29.9 Å². The summed E-state index contributed by atoms with van der Waals surface area (Å²) in [5.74, 6) is 1.45. The second-order valence-corrected chi connectivity index (χ2v) is 5.25. The minimum Gasteiger partial charge on any atom is -0.382 e. The summed E-state index contributed by atoms with van der Waals surface area (Å²) < 4.78 is 10.3. The number of hydrogen-bond acceptors (Lipinski definition) is 3. The van der Waals surface area contributed by atoms with Gasteiger partial charge in [0.1, 0.15) is 0 Å². The van der Waals surface area contributed by atoms with Crippen molar-refractivity contribution in [2.45, 2.75) is 32.6 Å². The van der Waals surface area contributed by atoms with Crippen molar-refractivity contribution < 1.29 is 9.47 Å². The van der Waals surface area contributed by atoms with Gasteiger partial charge in [-0.25, -0.2) is 0 Å². The van der Waals surface area contributed by atoms with E-state index in [1.807, 2.05) is 0 Å². The summed E-state index contributed by atoms with van der Waals surface area (Å²) in [5, 5.41) is 0. The van der Waals surface area contributed by atoms with Crippen molar-refractivity contribution in [3.63, 3.8) is 0 Å². The molecule has 1 rings (SSSR count). The Kier molecular flexibility index (Phi) is 12.6. The van der Waals surface area contributed by atoms with E-state index in [1.165, 1.54) is 12.8 Å². The molecule has 0 amide bonds. The average Bonchev–Trinajstić information content (AvgIpc) is 2.41. The van der Waals surface area contributed by atoms with Crippen LogP contribution in [0.3, 0.4) is 0 Å². The van der Waals surface area contributed by atoms with Crippen molar-refractivity contribution in [1.82, 2.24) is 4.90 Å². The predicted molar refractivity (Wildman–Crippen MR) is 93.8 cm³/mol. The number of methoxy groups -OCH3 is 1. The third kappa shape index (κ3) is 8.97. The van der Waals surface area contributed by atoms with Crippen LogP contribution in [0.15, 0.2) is 4.99 Å². The van der Waals surface area contributed by atoms with Gasteiger partial charge >= 0.3 is 0 Å². The van der Waals surface area contributed by atoms with Crippen LogP contribution in [0.1, 0.15) is 32.6 Å². The van der Waals surface area contributed by atoms with Gasteiger partial charge in [-0.2, -0.15) is 0 Å². The number of unbranched alkanes of at least 4 members (excludes halogenated alkanes) is 1. The molecule has 0 aliphatic carbocycles. The number of hydrogen-bond donors (Lipinski definition) is 1. The Balaban J connectivity index is 0.00000361. The maximum atomic E-state index is 6.02. The molecule has 1 atom stereocenters. The molecule has 0 spiro atoms. The van der Waals surface area contributed by atoms with Gasteiger partial charge in [0.15, 0.2) is 5.96 Å². The fourth-order valence-electron chi connectivity index (χ4n) is 2.25. The molecule has 1 unspecified atom stereocenters. The zero-order chi connectivity index (χ0) is 13.9. The highest BCUT2D eigenvalue weighted by molar-refractivity contribution is 14.0. The zero-order valence-corrected chi connectivity index (χ0v) is 15.2. The Bertz CT molecular complexity index is 265. The summed E-state index contributed by atoms with van der Waals surface area (Å²) in [4.78, 5) is 6.67. The van der Waals surface area contributed by atoms with Crippen molar-refractivity contribution in [1.29, 1.82) is 0 Å². The van der Waals surface area contributed by atoms with E-state index in [0.29, 0.717) is 19.2 Å². The van der Waals surface area contributed by atoms with Gasteiger partial charge in [-0.1, -0.05) is 6.92 Å². The van der Waals surface area contributed by atoms with Crippen molar-refractivity contribution in [3.8, 4) is 0 Å². The zero-order valence-electron chi connectivity index (χ0n) is 12.8. The molecule has 120 valence electrons. The molecule has 0 aromatic rings. The summed E-state index contributed by atoms with van der Waals surface area (Å²) in [5.41, 5.74) is 6.02. The van der Waals surface area contributed by atoms with Gasteiger partial charge in [-0.15, -0.1) is 24.0 Å². The van der Waals surface area contributed by atoms with Crippen LogP contribution in [0.25, 0.3) is 0 Å². The largest absolute Gasteiger partial charge is 0.382 e. The lowest BCUT2D eigenvalue weighted by molar-refractivity contribution is 0.0690. The molecule has 6 heteroatoms. The SMILES string of the molecule is COCCOCCCCN=C(N)N1CCCC(C)C1.I. The Morgan fingerprint density at radius 3 is 2.80 bits per heavy atom. The maximum Gasteiger partial charge on any atom is 0.191 e. The Morgan fingerprint density at radius 1 is 1.30 bits per heavy atom. The highest BCUT2D eigenvalue weighted by Gasteiger charge is 2.17. The molecule has 5 nitrogen and oxygen atoms in total. The number of ether oxygens (including phenoxy) is 2. The molecule has 0 aromatic heterocycles. The standard InChI is InChI=1S/C14H29N3O2.HI/c1-13-6-5-8-17(12-13)14(15)16-7-3-4-9-19-11-10-18-2;/h13H,3-12H2,1-2H3,(H2,15,16);1H. The Hall–Kier alpha value is -0.0800. The second-order valence-electron chi connectivity index (χ2n) is 5.25. The van der Waals surface area contributed by atoms with E-state index in [-0.39, 0.29) is 24.0 Å². The predicted octanol–water partition coefficient (Wildman–Crippen LogP) is 2.09. The molecular formula is C14H30IN3O2. The normalized spacial score (nSPS) is 19.8. The molecule has 0 saturated carbocycles. The molecule has 1 aliphatic rings. The summed E-state index contributed by atoms with van der Waals surface area (Å²) in [6, 6.07) is 0. The van der Waals surface area contributed by atoms with Crippen LogP contribution in [0, 0.1) is 5.92 Å². The molecule has 1 aliphatic heterocycles. The van der Waals surface area contributed by atoms with Gasteiger partial charge in [0.2, 0.25) is 0 Å². The van der Waals surface area contributed by atoms with Crippen LogP contribution in [0.5, 0.6) is 0 Å². The topological polar surface area (TPSA) is 60.1 Å². The second kappa shape index (κ2) is 12.6. The molecule has 1 heterocycles. The number of halogens is 1. The number of guanidine groups is 1. The molecule has 0 radical (unpaired) electrons. The number of piperidine rings is 1. The lowest BCUT2D eigenvalue weighted by atomic mass is 10.0. The van der Waals surface area contributed by atoms with Gasteiger partial charge in [0.25, 0.3) is 0 Å². The average molecular weight is 399 g/mol. The monoisotopic (exact) mass is 399 g/mol. The fourth-order valence-corrected chi connectivity index (χ4v) is 2.25. The van der Waals surface area contributed by atoms with Gasteiger partial charge in [0.05, 0.1) is 13.2 Å². The van der Waals surface area contributed by atoms with E-state index in [1.54, 1.807) is 7.11 Å². The molecule has 1 fully saturated rings. The van der Waals surface area contributed by atoms with Gasteiger partial charge < -0.3 is 20.1 Å². The molecule has 0 bridgehead atoms. The van der Waals surface area contributed by atoms with Crippen LogP contribution in [-0.4, -0.2) is 57.4 Å². The third-order valence-corrected chi connectivity index (χ3v) is 3.38. The van der Waals surface area contributed by atoms with Crippen LogP contribution < -0.4 is 5.73 Å². The van der Waals surface area contributed by atoms with Crippen LogP contribution >= 0.6 is 24.0 Å². The van der Waals surface area contributed by atoms with Crippen LogP contribution in [0.2, 0.25) is 0 Å². The highest BCUT2D eigenvalue weighted by atomic mass is 127. The van der Waals surface area contributed by atoms with Crippen molar-refractivity contribution in [2.75, 3.05) is 46.6 Å². The first-order chi connectivity index (χ1) is 9.24. The van der Waals surface area contributed by atoms with Gasteiger partial charge in [0, 0.05) is 33.4 Å². The summed E-state index contributed by atoms with van der Waals surface area (Å²) in [6.45, 7) is 7.29. The van der Waals surface area contributed by atoms with Crippen LogP contribution in [0.4, 0.5) is 0 Å². The summed E-state index contributed by atoms with van der Waals surface area (Å²) >= 11 is 0. The molecule has 20 heavy (non-hydrogen) atoms. The highest BCUT2D eigenvalue weighted by Crippen LogP contribution is 2.14. The first-order valence-corrected chi connectivity index (χ1v) is 7.35. The van der Waals surface area contributed by atoms with E-state index in [4.69, 9.17) is 15.2 Å². The van der Waals surface area contributed by atoms with Gasteiger partial charge in [-0.3, -0.25) is 4.99 Å². The fraction of sp³-hybridized carbons (Fsp3) is 0.929. The number of aliphatic imine (C=N–C) groups is 1.